The monoisotopic (exact) mass is 283 g/mol. The average molecular weight is 283 g/mol. The molecule has 0 bridgehead atoms. The number of imidazole rings is 1. The molecule has 0 amide bonds. The summed E-state index contributed by atoms with van der Waals surface area (Å²) < 4.78 is 2.31. The van der Waals surface area contributed by atoms with Crippen molar-refractivity contribution in [3.63, 3.8) is 0 Å². The van der Waals surface area contributed by atoms with Crippen LogP contribution in [0.3, 0.4) is 0 Å². The van der Waals surface area contributed by atoms with Crippen molar-refractivity contribution in [1.29, 1.82) is 0 Å². The van der Waals surface area contributed by atoms with Crippen LogP contribution in [0.4, 0.5) is 11.6 Å². The average Bonchev–Trinajstić information content (AvgIpc) is 2.97. The number of anilines is 2. The molecule has 3 rings (SSSR count). The molecule has 1 aromatic carbocycles. The lowest BCUT2D eigenvalue weighted by atomic mass is 9.95. The van der Waals surface area contributed by atoms with Crippen molar-refractivity contribution in [3.8, 4) is 0 Å². The zero-order valence-electron chi connectivity index (χ0n) is 13.0. The first-order valence-corrected chi connectivity index (χ1v) is 8.14. The van der Waals surface area contributed by atoms with E-state index in [0.29, 0.717) is 12.0 Å². The fourth-order valence-electron chi connectivity index (χ4n) is 3.14. The first-order valence-electron chi connectivity index (χ1n) is 8.14. The standard InChI is InChI=1S/C18H25N3/c1-14(2)15-8-10-16(11-9-15)20-18-19-12-13-21(18)17-6-4-3-5-7-17/h8-14,17H,3-7H2,1-2H3,(H,19,20). The third-order valence-electron chi connectivity index (χ3n) is 4.47. The number of rotatable bonds is 4. The van der Waals surface area contributed by atoms with E-state index < -0.39 is 0 Å². The van der Waals surface area contributed by atoms with Crippen LogP contribution in [0.1, 0.15) is 63.5 Å². The molecule has 1 saturated carbocycles. The predicted octanol–water partition coefficient (Wildman–Crippen LogP) is 5.26. The van der Waals surface area contributed by atoms with Crippen molar-refractivity contribution in [2.24, 2.45) is 0 Å². The molecule has 0 unspecified atom stereocenters. The molecule has 1 aliphatic carbocycles. The normalized spacial score (nSPS) is 16.3. The number of hydrogen-bond donors (Lipinski definition) is 1. The predicted molar refractivity (Wildman–Crippen MR) is 88.2 cm³/mol. The smallest absolute Gasteiger partial charge is 0.207 e. The molecule has 0 spiro atoms. The van der Waals surface area contributed by atoms with E-state index in [2.05, 4.69) is 59.2 Å². The minimum absolute atomic E-state index is 0.572. The van der Waals surface area contributed by atoms with Gasteiger partial charge in [-0.3, -0.25) is 0 Å². The Morgan fingerprint density at radius 2 is 1.81 bits per heavy atom. The highest BCUT2D eigenvalue weighted by Crippen LogP contribution is 2.31. The second-order valence-corrected chi connectivity index (χ2v) is 6.35. The van der Waals surface area contributed by atoms with Gasteiger partial charge in [0.25, 0.3) is 0 Å². The Hall–Kier alpha value is -1.77. The van der Waals surface area contributed by atoms with Crippen molar-refractivity contribution in [3.05, 3.63) is 42.2 Å². The minimum atomic E-state index is 0.572. The molecule has 112 valence electrons. The van der Waals surface area contributed by atoms with Gasteiger partial charge in [-0.2, -0.15) is 0 Å². The Kier molecular flexibility index (Phi) is 4.28. The van der Waals surface area contributed by atoms with E-state index in [1.807, 2.05) is 6.20 Å². The van der Waals surface area contributed by atoms with Crippen LogP contribution in [0.2, 0.25) is 0 Å². The van der Waals surface area contributed by atoms with Crippen molar-refractivity contribution in [2.45, 2.75) is 57.9 Å². The van der Waals surface area contributed by atoms with Crippen LogP contribution in [0.5, 0.6) is 0 Å². The summed E-state index contributed by atoms with van der Waals surface area (Å²) in [5.41, 5.74) is 2.49. The summed E-state index contributed by atoms with van der Waals surface area (Å²) in [7, 11) is 0. The second-order valence-electron chi connectivity index (χ2n) is 6.35. The van der Waals surface area contributed by atoms with Crippen molar-refractivity contribution < 1.29 is 0 Å². The third kappa shape index (κ3) is 3.29. The maximum Gasteiger partial charge on any atom is 0.207 e. The summed E-state index contributed by atoms with van der Waals surface area (Å²) in [5.74, 6) is 1.54. The van der Waals surface area contributed by atoms with Gasteiger partial charge in [0, 0.05) is 24.1 Å². The van der Waals surface area contributed by atoms with Gasteiger partial charge in [0.05, 0.1) is 0 Å². The molecule has 1 aromatic heterocycles. The number of nitrogens with one attached hydrogen (secondary N) is 1. The van der Waals surface area contributed by atoms with Crippen molar-refractivity contribution in [1.82, 2.24) is 9.55 Å². The highest BCUT2D eigenvalue weighted by molar-refractivity contribution is 5.54. The van der Waals surface area contributed by atoms with Crippen LogP contribution in [0.25, 0.3) is 0 Å². The van der Waals surface area contributed by atoms with Crippen LogP contribution in [0, 0.1) is 0 Å². The van der Waals surface area contributed by atoms with Crippen LogP contribution < -0.4 is 5.32 Å². The molecule has 0 aliphatic heterocycles. The highest BCUT2D eigenvalue weighted by atomic mass is 15.2. The molecule has 1 N–H and O–H groups in total. The summed E-state index contributed by atoms with van der Waals surface area (Å²) in [6, 6.07) is 9.30. The highest BCUT2D eigenvalue weighted by Gasteiger charge is 2.17. The van der Waals surface area contributed by atoms with Gasteiger partial charge in [-0.05, 0) is 36.5 Å². The van der Waals surface area contributed by atoms with E-state index in [-0.39, 0.29) is 0 Å². The molecule has 2 aromatic rings. The summed E-state index contributed by atoms with van der Waals surface area (Å²) in [4.78, 5) is 4.50. The molecule has 3 heteroatoms. The first-order chi connectivity index (χ1) is 10.2. The number of nitrogens with zero attached hydrogens (tertiary/aromatic N) is 2. The zero-order valence-corrected chi connectivity index (χ0v) is 13.0. The molecule has 0 atom stereocenters. The van der Waals surface area contributed by atoms with Crippen LogP contribution in [0.15, 0.2) is 36.7 Å². The minimum Gasteiger partial charge on any atom is -0.326 e. The van der Waals surface area contributed by atoms with Gasteiger partial charge in [-0.15, -0.1) is 0 Å². The molecule has 1 aliphatic rings. The Morgan fingerprint density at radius 1 is 1.10 bits per heavy atom. The van der Waals surface area contributed by atoms with Gasteiger partial charge in [-0.1, -0.05) is 45.2 Å². The van der Waals surface area contributed by atoms with E-state index in [9.17, 15) is 0 Å². The van der Waals surface area contributed by atoms with E-state index in [4.69, 9.17) is 0 Å². The van der Waals surface area contributed by atoms with Gasteiger partial charge < -0.3 is 9.88 Å². The van der Waals surface area contributed by atoms with Gasteiger partial charge in [0.1, 0.15) is 0 Å². The van der Waals surface area contributed by atoms with Gasteiger partial charge in [0.15, 0.2) is 0 Å². The van der Waals surface area contributed by atoms with Crippen LogP contribution in [-0.4, -0.2) is 9.55 Å². The number of hydrogen-bond acceptors (Lipinski definition) is 2. The topological polar surface area (TPSA) is 29.9 Å². The molecule has 1 heterocycles. The molecule has 21 heavy (non-hydrogen) atoms. The summed E-state index contributed by atoms with van der Waals surface area (Å²) in [5, 5.41) is 3.47. The van der Waals surface area contributed by atoms with E-state index >= 15 is 0 Å². The van der Waals surface area contributed by atoms with E-state index in [0.717, 1.165) is 11.6 Å². The third-order valence-corrected chi connectivity index (χ3v) is 4.47. The maximum atomic E-state index is 4.50. The molecule has 3 nitrogen and oxygen atoms in total. The van der Waals surface area contributed by atoms with Gasteiger partial charge >= 0.3 is 0 Å². The van der Waals surface area contributed by atoms with Crippen molar-refractivity contribution in [2.75, 3.05) is 5.32 Å². The lowest BCUT2D eigenvalue weighted by molar-refractivity contribution is 0.356. The SMILES string of the molecule is CC(C)c1ccc(Nc2nccn2C2CCCCC2)cc1. The number of benzene rings is 1. The molecule has 0 saturated heterocycles. The molecule has 0 radical (unpaired) electrons. The summed E-state index contributed by atoms with van der Waals surface area (Å²) in [6.07, 6.45) is 10.6. The lowest BCUT2D eigenvalue weighted by Crippen LogP contribution is -2.14. The zero-order chi connectivity index (χ0) is 14.7. The fraction of sp³-hybridized carbons (Fsp3) is 0.500. The van der Waals surface area contributed by atoms with Gasteiger partial charge in [-0.25, -0.2) is 4.98 Å². The Labute approximate surface area is 127 Å². The lowest BCUT2D eigenvalue weighted by Gasteiger charge is -2.24. The fourth-order valence-corrected chi connectivity index (χ4v) is 3.14. The summed E-state index contributed by atoms with van der Waals surface area (Å²) in [6.45, 7) is 4.44. The van der Waals surface area contributed by atoms with Gasteiger partial charge in [0.2, 0.25) is 5.95 Å². The molecule has 1 fully saturated rings. The van der Waals surface area contributed by atoms with E-state index in [1.54, 1.807) is 0 Å². The Bertz CT molecular complexity index is 562. The van der Waals surface area contributed by atoms with Crippen LogP contribution >= 0.6 is 0 Å². The Morgan fingerprint density at radius 3 is 2.48 bits per heavy atom. The van der Waals surface area contributed by atoms with Crippen LogP contribution in [-0.2, 0) is 0 Å². The van der Waals surface area contributed by atoms with E-state index in [1.165, 1.54) is 37.7 Å². The molecular weight excluding hydrogens is 258 g/mol. The molecular formula is C18H25N3. The first kappa shape index (κ1) is 14.2. The summed E-state index contributed by atoms with van der Waals surface area (Å²) >= 11 is 0. The quantitative estimate of drug-likeness (QED) is 0.830. The number of aromatic nitrogens is 2. The van der Waals surface area contributed by atoms with Crippen molar-refractivity contribution >= 4 is 11.6 Å². The largest absolute Gasteiger partial charge is 0.326 e. The second kappa shape index (κ2) is 6.33. The Balaban J connectivity index is 1.74. The maximum absolute atomic E-state index is 4.50.